The minimum Gasteiger partial charge on any atom is -0.464 e. The van der Waals surface area contributed by atoms with Gasteiger partial charge in [0.1, 0.15) is 11.4 Å². The van der Waals surface area contributed by atoms with Crippen LogP contribution in [0.2, 0.25) is 0 Å². The fraction of sp³-hybridized carbons (Fsp3) is 0.368. The number of H-pyrrole nitrogens is 1. The van der Waals surface area contributed by atoms with Crippen molar-refractivity contribution >= 4 is 16.9 Å². The van der Waals surface area contributed by atoms with Gasteiger partial charge in [0.2, 0.25) is 5.91 Å². The molecule has 1 aliphatic rings. The molecule has 0 unspecified atom stereocenters. The van der Waals surface area contributed by atoms with E-state index in [2.05, 4.69) is 16.0 Å². The van der Waals surface area contributed by atoms with Gasteiger partial charge in [-0.05, 0) is 38.3 Å². The van der Waals surface area contributed by atoms with Crippen molar-refractivity contribution in [1.82, 2.24) is 14.9 Å². The van der Waals surface area contributed by atoms with Crippen molar-refractivity contribution in [2.45, 2.75) is 39.2 Å². The van der Waals surface area contributed by atoms with Crippen LogP contribution in [0.1, 0.15) is 41.5 Å². The molecule has 1 amide bonds. The molecule has 3 aromatic rings. The first-order chi connectivity index (χ1) is 11.6. The Labute approximate surface area is 140 Å². The molecule has 0 aliphatic carbocycles. The molecule has 5 nitrogen and oxygen atoms in total. The SMILES string of the molecule is Cc1ccc2c(CC(=O)N3CCC[C@H]3c3ncc(C)[nH]3)coc2c1. The van der Waals surface area contributed by atoms with Crippen molar-refractivity contribution in [2.24, 2.45) is 0 Å². The zero-order valence-corrected chi connectivity index (χ0v) is 14.0. The summed E-state index contributed by atoms with van der Waals surface area (Å²) in [6.07, 6.45) is 5.88. The molecule has 1 saturated heterocycles. The number of imidazole rings is 1. The van der Waals surface area contributed by atoms with Crippen molar-refractivity contribution in [3.8, 4) is 0 Å². The lowest BCUT2D eigenvalue weighted by Gasteiger charge is -2.23. The van der Waals surface area contributed by atoms with Gasteiger partial charge in [0.05, 0.1) is 18.7 Å². The molecule has 2 aromatic heterocycles. The first kappa shape index (κ1) is 15.0. The highest BCUT2D eigenvalue weighted by Crippen LogP contribution is 2.31. The van der Waals surface area contributed by atoms with E-state index < -0.39 is 0 Å². The standard InChI is InChI=1S/C19H21N3O2/c1-12-5-6-15-14(11-24-17(15)8-12)9-18(23)22-7-3-4-16(22)19-20-10-13(2)21-19/h5-6,8,10-11,16H,3-4,7,9H2,1-2H3,(H,20,21)/t16-/m0/s1. The Bertz CT molecular complexity index is 893. The van der Waals surface area contributed by atoms with Crippen LogP contribution < -0.4 is 0 Å². The molecular formula is C19H21N3O2. The van der Waals surface area contributed by atoms with Gasteiger partial charge in [-0.3, -0.25) is 4.79 Å². The number of carbonyl (C=O) groups is 1. The van der Waals surface area contributed by atoms with E-state index in [1.165, 1.54) is 0 Å². The van der Waals surface area contributed by atoms with E-state index in [0.717, 1.165) is 53.0 Å². The molecule has 4 rings (SSSR count). The lowest BCUT2D eigenvalue weighted by molar-refractivity contribution is -0.131. The Morgan fingerprint density at radius 3 is 3.08 bits per heavy atom. The number of likely N-dealkylation sites (tertiary alicyclic amines) is 1. The molecule has 5 heteroatoms. The Hall–Kier alpha value is -2.56. The quantitative estimate of drug-likeness (QED) is 0.800. The zero-order chi connectivity index (χ0) is 16.7. The third-order valence-corrected chi connectivity index (χ3v) is 4.76. The molecule has 1 N–H and O–H groups in total. The monoisotopic (exact) mass is 323 g/mol. The van der Waals surface area contributed by atoms with Crippen LogP contribution in [0.25, 0.3) is 11.0 Å². The molecule has 1 aromatic carbocycles. The number of furan rings is 1. The van der Waals surface area contributed by atoms with Crippen LogP contribution in [0.4, 0.5) is 0 Å². The zero-order valence-electron chi connectivity index (χ0n) is 14.0. The number of rotatable bonds is 3. The Morgan fingerprint density at radius 2 is 2.29 bits per heavy atom. The van der Waals surface area contributed by atoms with Crippen LogP contribution in [0, 0.1) is 13.8 Å². The predicted molar refractivity (Wildman–Crippen MR) is 91.7 cm³/mol. The molecule has 0 radical (unpaired) electrons. The van der Waals surface area contributed by atoms with E-state index in [9.17, 15) is 4.79 Å². The molecule has 0 spiro atoms. The maximum Gasteiger partial charge on any atom is 0.227 e. The minimum atomic E-state index is 0.0617. The Kier molecular flexibility index (Phi) is 3.63. The van der Waals surface area contributed by atoms with Gasteiger partial charge in [0.25, 0.3) is 0 Å². The fourth-order valence-corrected chi connectivity index (χ4v) is 3.54. The van der Waals surface area contributed by atoms with E-state index in [1.54, 1.807) is 6.26 Å². The van der Waals surface area contributed by atoms with Gasteiger partial charge in [-0.25, -0.2) is 4.98 Å². The normalized spacial score (nSPS) is 17.8. The fourth-order valence-electron chi connectivity index (χ4n) is 3.54. The lowest BCUT2D eigenvalue weighted by atomic mass is 10.1. The van der Waals surface area contributed by atoms with Crippen molar-refractivity contribution < 1.29 is 9.21 Å². The molecule has 0 bridgehead atoms. The van der Waals surface area contributed by atoms with Crippen LogP contribution in [0.15, 0.2) is 35.1 Å². The highest BCUT2D eigenvalue weighted by atomic mass is 16.3. The molecule has 124 valence electrons. The Morgan fingerprint density at radius 1 is 1.42 bits per heavy atom. The average molecular weight is 323 g/mol. The number of nitrogens with zero attached hydrogens (tertiary/aromatic N) is 2. The smallest absolute Gasteiger partial charge is 0.227 e. The second kappa shape index (κ2) is 5.82. The first-order valence-electron chi connectivity index (χ1n) is 8.39. The summed E-state index contributed by atoms with van der Waals surface area (Å²) in [5.41, 5.74) is 3.98. The molecular weight excluding hydrogens is 302 g/mol. The van der Waals surface area contributed by atoms with Gasteiger partial charge in [0.15, 0.2) is 0 Å². The van der Waals surface area contributed by atoms with Gasteiger partial charge in [-0.2, -0.15) is 0 Å². The number of aromatic amines is 1. The molecule has 0 saturated carbocycles. The Balaban J connectivity index is 1.56. The van der Waals surface area contributed by atoms with Crippen molar-refractivity contribution in [2.75, 3.05) is 6.54 Å². The van der Waals surface area contributed by atoms with Gasteiger partial charge >= 0.3 is 0 Å². The summed E-state index contributed by atoms with van der Waals surface area (Å²) in [5, 5.41) is 1.03. The van der Waals surface area contributed by atoms with Gasteiger partial charge < -0.3 is 14.3 Å². The summed E-state index contributed by atoms with van der Waals surface area (Å²) < 4.78 is 5.62. The number of benzene rings is 1. The number of aromatic nitrogens is 2. The van der Waals surface area contributed by atoms with Crippen molar-refractivity contribution in [1.29, 1.82) is 0 Å². The molecule has 24 heavy (non-hydrogen) atoms. The van der Waals surface area contributed by atoms with Gasteiger partial charge in [-0.15, -0.1) is 0 Å². The molecule has 1 aliphatic heterocycles. The van der Waals surface area contributed by atoms with E-state index in [1.807, 2.05) is 37.1 Å². The maximum absolute atomic E-state index is 12.9. The molecule has 1 atom stereocenters. The number of amides is 1. The average Bonchev–Trinajstić information content (AvgIpc) is 3.26. The number of carbonyl (C=O) groups excluding carboxylic acids is 1. The maximum atomic E-state index is 12.9. The van der Waals surface area contributed by atoms with Gasteiger partial charge in [0, 0.05) is 29.4 Å². The van der Waals surface area contributed by atoms with E-state index in [4.69, 9.17) is 4.42 Å². The third-order valence-electron chi connectivity index (χ3n) is 4.76. The highest BCUT2D eigenvalue weighted by Gasteiger charge is 2.32. The predicted octanol–water partition coefficient (Wildman–Crippen LogP) is 3.68. The van der Waals surface area contributed by atoms with Crippen LogP contribution in [-0.2, 0) is 11.2 Å². The summed E-state index contributed by atoms with van der Waals surface area (Å²) in [6, 6.07) is 6.16. The second-order valence-corrected chi connectivity index (χ2v) is 6.63. The van der Waals surface area contributed by atoms with Crippen LogP contribution >= 0.6 is 0 Å². The van der Waals surface area contributed by atoms with Crippen LogP contribution in [0.3, 0.4) is 0 Å². The van der Waals surface area contributed by atoms with E-state index in [-0.39, 0.29) is 11.9 Å². The minimum absolute atomic E-state index is 0.0617. The number of hydrogen-bond donors (Lipinski definition) is 1. The third kappa shape index (κ3) is 2.60. The van der Waals surface area contributed by atoms with Crippen LogP contribution in [-0.4, -0.2) is 27.3 Å². The summed E-state index contributed by atoms with van der Waals surface area (Å²) in [4.78, 5) is 22.5. The van der Waals surface area contributed by atoms with E-state index >= 15 is 0 Å². The van der Waals surface area contributed by atoms with Crippen LogP contribution in [0.5, 0.6) is 0 Å². The molecule has 3 heterocycles. The van der Waals surface area contributed by atoms with E-state index in [0.29, 0.717) is 6.42 Å². The topological polar surface area (TPSA) is 62.1 Å². The first-order valence-corrected chi connectivity index (χ1v) is 8.39. The number of nitrogens with one attached hydrogen (secondary N) is 1. The summed E-state index contributed by atoms with van der Waals surface area (Å²) in [6.45, 7) is 4.81. The number of aryl methyl sites for hydroxylation is 2. The second-order valence-electron chi connectivity index (χ2n) is 6.63. The number of fused-ring (bicyclic) bond motifs is 1. The van der Waals surface area contributed by atoms with Gasteiger partial charge in [-0.1, -0.05) is 12.1 Å². The van der Waals surface area contributed by atoms with Crippen molar-refractivity contribution in [3.05, 3.63) is 53.3 Å². The lowest BCUT2D eigenvalue weighted by Crippen LogP contribution is -2.32. The van der Waals surface area contributed by atoms with Crippen molar-refractivity contribution in [3.63, 3.8) is 0 Å². The molecule has 1 fully saturated rings. The summed E-state index contributed by atoms with van der Waals surface area (Å²) in [5.74, 6) is 1.03. The largest absolute Gasteiger partial charge is 0.464 e. The summed E-state index contributed by atoms with van der Waals surface area (Å²) in [7, 11) is 0. The highest BCUT2D eigenvalue weighted by molar-refractivity contribution is 5.88. The number of hydrogen-bond acceptors (Lipinski definition) is 3. The summed E-state index contributed by atoms with van der Waals surface area (Å²) >= 11 is 0.